The zero-order chi connectivity index (χ0) is 21.7. The Morgan fingerprint density at radius 3 is 2.57 bits per heavy atom. The second kappa shape index (κ2) is 8.82. The first-order chi connectivity index (χ1) is 14.3. The monoisotopic (exact) mass is 405 g/mol. The van der Waals surface area contributed by atoms with Gasteiger partial charge in [0.15, 0.2) is 0 Å². The smallest absolute Gasteiger partial charge is 0.333 e. The molecule has 30 heavy (non-hydrogen) atoms. The first-order valence-electron chi connectivity index (χ1n) is 8.95. The van der Waals surface area contributed by atoms with Gasteiger partial charge in [0.1, 0.15) is 5.69 Å². The van der Waals surface area contributed by atoms with E-state index in [1.54, 1.807) is 43.1 Å². The number of anilines is 4. The van der Waals surface area contributed by atoms with Gasteiger partial charge in [-0.1, -0.05) is 30.3 Å². The summed E-state index contributed by atoms with van der Waals surface area (Å²) in [6.07, 6.45) is 2.50. The lowest BCUT2D eigenvalue weighted by molar-refractivity contribution is -0.385. The first-order valence-corrected chi connectivity index (χ1v) is 8.95. The molecule has 1 heterocycles. The molecule has 0 bridgehead atoms. The molecule has 152 valence electrons. The Morgan fingerprint density at radius 1 is 1.17 bits per heavy atom. The second-order valence-corrected chi connectivity index (χ2v) is 6.38. The standard InChI is InChI=1S/C21H19N5O4/c1-14-19(26(29)30)20(25(2)17-9-4-3-5-10-17)24-21(22-14)23-16-8-6-7-15(13-16)11-12-18(27)28/h3-13H,1-2H3,(H,27,28)(H,22,23,24)/b12-11+. The van der Waals surface area contributed by atoms with Crippen molar-refractivity contribution in [3.8, 4) is 0 Å². The van der Waals surface area contributed by atoms with Gasteiger partial charge >= 0.3 is 11.7 Å². The van der Waals surface area contributed by atoms with E-state index in [2.05, 4.69) is 15.3 Å². The number of aryl methyl sites for hydroxylation is 1. The molecule has 0 radical (unpaired) electrons. The summed E-state index contributed by atoms with van der Waals surface area (Å²) in [4.78, 5) is 32.1. The van der Waals surface area contributed by atoms with E-state index in [-0.39, 0.29) is 23.1 Å². The minimum Gasteiger partial charge on any atom is -0.478 e. The Morgan fingerprint density at radius 2 is 1.90 bits per heavy atom. The molecule has 1 aromatic heterocycles. The van der Waals surface area contributed by atoms with Gasteiger partial charge in [0.25, 0.3) is 0 Å². The number of carboxylic acid groups (broad SMARTS) is 1. The summed E-state index contributed by atoms with van der Waals surface area (Å²) in [5.74, 6) is -0.699. The van der Waals surface area contributed by atoms with Crippen molar-refractivity contribution in [3.05, 3.63) is 82.0 Å². The van der Waals surface area contributed by atoms with Crippen LogP contribution in [0, 0.1) is 17.0 Å². The molecule has 0 saturated heterocycles. The van der Waals surface area contributed by atoms with Crippen LogP contribution in [0.4, 0.5) is 28.8 Å². The Labute approximate surface area is 172 Å². The molecular formula is C21H19N5O4. The van der Waals surface area contributed by atoms with Gasteiger partial charge in [-0.3, -0.25) is 10.1 Å². The van der Waals surface area contributed by atoms with E-state index >= 15 is 0 Å². The van der Waals surface area contributed by atoms with Crippen LogP contribution in [0.5, 0.6) is 0 Å². The van der Waals surface area contributed by atoms with E-state index in [1.165, 1.54) is 6.08 Å². The summed E-state index contributed by atoms with van der Waals surface area (Å²) in [6, 6.07) is 16.2. The normalized spacial score (nSPS) is 10.7. The van der Waals surface area contributed by atoms with Crippen LogP contribution in [0.1, 0.15) is 11.3 Å². The molecule has 0 aliphatic rings. The van der Waals surface area contributed by atoms with Crippen molar-refractivity contribution in [3.63, 3.8) is 0 Å². The molecule has 2 N–H and O–H groups in total. The molecule has 0 fully saturated rings. The number of carbonyl (C=O) groups is 1. The highest BCUT2D eigenvalue weighted by molar-refractivity contribution is 5.85. The first kappa shape index (κ1) is 20.5. The summed E-state index contributed by atoms with van der Waals surface area (Å²) in [5.41, 5.74) is 2.07. The average molecular weight is 405 g/mol. The molecule has 0 spiro atoms. The number of benzene rings is 2. The molecule has 0 amide bonds. The van der Waals surface area contributed by atoms with Gasteiger partial charge in [0.2, 0.25) is 11.8 Å². The van der Waals surface area contributed by atoms with Crippen molar-refractivity contribution in [1.29, 1.82) is 0 Å². The largest absolute Gasteiger partial charge is 0.478 e. The molecule has 0 atom stereocenters. The minimum atomic E-state index is -1.05. The molecule has 9 heteroatoms. The van der Waals surface area contributed by atoms with E-state index in [1.807, 2.05) is 30.3 Å². The number of hydrogen-bond acceptors (Lipinski definition) is 7. The number of carboxylic acids is 1. The number of nitro groups is 1. The summed E-state index contributed by atoms with van der Waals surface area (Å²) >= 11 is 0. The third-order valence-electron chi connectivity index (χ3n) is 4.24. The fraction of sp³-hybridized carbons (Fsp3) is 0.0952. The van der Waals surface area contributed by atoms with Gasteiger partial charge in [-0.25, -0.2) is 9.78 Å². The lowest BCUT2D eigenvalue weighted by Gasteiger charge is -2.19. The van der Waals surface area contributed by atoms with Crippen molar-refractivity contribution in [2.24, 2.45) is 0 Å². The minimum absolute atomic E-state index is 0.156. The number of aromatic nitrogens is 2. The third kappa shape index (κ3) is 4.76. The predicted octanol–water partition coefficient (Wildman–Crippen LogP) is 4.30. The fourth-order valence-corrected chi connectivity index (χ4v) is 2.85. The van der Waals surface area contributed by atoms with E-state index in [0.717, 1.165) is 11.8 Å². The maximum atomic E-state index is 11.6. The van der Waals surface area contributed by atoms with Gasteiger partial charge in [-0.2, -0.15) is 4.98 Å². The highest BCUT2D eigenvalue weighted by atomic mass is 16.6. The van der Waals surface area contributed by atoms with E-state index in [4.69, 9.17) is 5.11 Å². The Hall–Kier alpha value is -4.27. The molecule has 0 aliphatic carbocycles. The average Bonchev–Trinajstić information content (AvgIpc) is 2.72. The number of nitrogens with zero attached hydrogens (tertiary/aromatic N) is 4. The maximum Gasteiger partial charge on any atom is 0.333 e. The van der Waals surface area contributed by atoms with Crippen molar-refractivity contribution in [1.82, 2.24) is 9.97 Å². The van der Waals surface area contributed by atoms with Crippen LogP contribution in [0.15, 0.2) is 60.7 Å². The summed E-state index contributed by atoms with van der Waals surface area (Å²) in [5, 5.41) is 23.5. The third-order valence-corrected chi connectivity index (χ3v) is 4.24. The number of hydrogen-bond donors (Lipinski definition) is 2. The van der Waals surface area contributed by atoms with Crippen molar-refractivity contribution >= 4 is 40.9 Å². The number of aliphatic carboxylic acids is 1. The van der Waals surface area contributed by atoms with Crippen LogP contribution < -0.4 is 10.2 Å². The Balaban J connectivity index is 1.99. The van der Waals surface area contributed by atoms with Gasteiger partial charge in [0, 0.05) is 24.5 Å². The lowest BCUT2D eigenvalue weighted by atomic mass is 10.2. The predicted molar refractivity (Wildman–Crippen MR) is 114 cm³/mol. The highest BCUT2D eigenvalue weighted by Crippen LogP contribution is 2.33. The highest BCUT2D eigenvalue weighted by Gasteiger charge is 2.25. The Bertz CT molecular complexity index is 1120. The van der Waals surface area contributed by atoms with Crippen LogP contribution in [0.3, 0.4) is 0 Å². The molecule has 9 nitrogen and oxygen atoms in total. The molecule has 0 unspecified atom stereocenters. The zero-order valence-electron chi connectivity index (χ0n) is 16.3. The van der Waals surface area contributed by atoms with E-state index < -0.39 is 10.9 Å². The van der Waals surface area contributed by atoms with Crippen molar-refractivity contribution in [2.75, 3.05) is 17.3 Å². The maximum absolute atomic E-state index is 11.6. The van der Waals surface area contributed by atoms with Crippen LogP contribution >= 0.6 is 0 Å². The zero-order valence-corrected chi connectivity index (χ0v) is 16.3. The molecule has 3 aromatic rings. The molecule has 0 saturated carbocycles. The number of rotatable bonds is 7. The lowest BCUT2D eigenvalue weighted by Crippen LogP contribution is -2.16. The second-order valence-electron chi connectivity index (χ2n) is 6.38. The van der Waals surface area contributed by atoms with Crippen molar-refractivity contribution in [2.45, 2.75) is 6.92 Å². The van der Waals surface area contributed by atoms with Crippen molar-refractivity contribution < 1.29 is 14.8 Å². The van der Waals surface area contributed by atoms with E-state index in [9.17, 15) is 14.9 Å². The summed E-state index contributed by atoms with van der Waals surface area (Å²) in [7, 11) is 1.70. The van der Waals surface area contributed by atoms with Gasteiger partial charge < -0.3 is 15.3 Å². The van der Waals surface area contributed by atoms with Crippen LogP contribution in [0.25, 0.3) is 6.08 Å². The van der Waals surface area contributed by atoms with Crippen LogP contribution in [-0.2, 0) is 4.79 Å². The topological polar surface area (TPSA) is 121 Å². The molecule has 3 rings (SSSR count). The fourth-order valence-electron chi connectivity index (χ4n) is 2.85. The SMILES string of the molecule is Cc1nc(Nc2cccc(/C=C/C(=O)O)c2)nc(N(C)c2ccccc2)c1[N+](=O)[O-]. The number of para-hydroxylation sites is 1. The van der Waals surface area contributed by atoms with Crippen LogP contribution in [-0.4, -0.2) is 33.0 Å². The van der Waals surface area contributed by atoms with Gasteiger partial charge in [-0.15, -0.1) is 0 Å². The molecule has 0 aliphatic heterocycles. The van der Waals surface area contributed by atoms with E-state index in [0.29, 0.717) is 11.3 Å². The quantitative estimate of drug-likeness (QED) is 0.339. The summed E-state index contributed by atoms with van der Waals surface area (Å²) in [6.45, 7) is 1.55. The molecule has 2 aromatic carbocycles. The summed E-state index contributed by atoms with van der Waals surface area (Å²) < 4.78 is 0. The Kier molecular flexibility index (Phi) is 6.02. The van der Waals surface area contributed by atoms with Gasteiger partial charge in [0.05, 0.1) is 4.92 Å². The number of nitrogens with one attached hydrogen (secondary N) is 1. The van der Waals surface area contributed by atoms with Crippen LogP contribution in [0.2, 0.25) is 0 Å². The van der Waals surface area contributed by atoms with Gasteiger partial charge in [-0.05, 0) is 42.8 Å². The molecular weight excluding hydrogens is 386 g/mol.